The van der Waals surface area contributed by atoms with Crippen LogP contribution in [0.3, 0.4) is 0 Å². The maximum atomic E-state index is 13.4. The number of phenols is 1. The highest BCUT2D eigenvalue weighted by Crippen LogP contribution is 2.24. The standard InChI is InChI=1S/C20H13F2N3O2/c1-25-18(7-6-12-2-4-13(11-23)5-3-12)24-17(20(25)27)10-14-8-15(21)19(26)16(22)9-14/h2-10,26H,1H3/b7-6+,17-10-. The van der Waals surface area contributed by atoms with E-state index in [1.807, 2.05) is 6.07 Å². The third kappa shape index (κ3) is 3.75. The number of amidine groups is 1. The zero-order valence-electron chi connectivity index (χ0n) is 14.1. The Bertz CT molecular complexity index is 1020. The number of hydrogen-bond donors (Lipinski definition) is 1. The van der Waals surface area contributed by atoms with E-state index in [4.69, 9.17) is 10.4 Å². The number of amides is 1. The number of phenolic OH excluding ortho intramolecular Hbond substituents is 1. The average molecular weight is 365 g/mol. The summed E-state index contributed by atoms with van der Waals surface area (Å²) in [6.07, 6.45) is 4.59. The third-order valence-electron chi connectivity index (χ3n) is 3.91. The van der Waals surface area contributed by atoms with Crippen molar-refractivity contribution < 1.29 is 18.7 Å². The van der Waals surface area contributed by atoms with Gasteiger partial charge in [-0.25, -0.2) is 13.8 Å². The molecule has 27 heavy (non-hydrogen) atoms. The highest BCUT2D eigenvalue weighted by Gasteiger charge is 2.25. The van der Waals surface area contributed by atoms with E-state index in [2.05, 4.69) is 4.99 Å². The Labute approximate surface area is 153 Å². The summed E-state index contributed by atoms with van der Waals surface area (Å²) in [6.45, 7) is 0. The molecular weight excluding hydrogens is 352 g/mol. The molecule has 7 heteroatoms. The molecule has 134 valence electrons. The smallest absolute Gasteiger partial charge is 0.277 e. The molecule has 0 spiro atoms. The first-order chi connectivity index (χ1) is 12.9. The van der Waals surface area contributed by atoms with Gasteiger partial charge in [0.2, 0.25) is 0 Å². The lowest BCUT2D eigenvalue weighted by molar-refractivity contribution is -0.121. The number of hydrogen-bond acceptors (Lipinski definition) is 4. The molecule has 1 aliphatic heterocycles. The maximum absolute atomic E-state index is 13.4. The number of aromatic hydroxyl groups is 1. The van der Waals surface area contributed by atoms with Crippen molar-refractivity contribution in [2.75, 3.05) is 7.05 Å². The van der Waals surface area contributed by atoms with Crippen LogP contribution in [0.5, 0.6) is 5.75 Å². The fraction of sp³-hybridized carbons (Fsp3) is 0.0500. The number of likely N-dealkylation sites (N-methyl/N-ethyl adjacent to an activating group) is 1. The van der Waals surface area contributed by atoms with Crippen LogP contribution < -0.4 is 0 Å². The van der Waals surface area contributed by atoms with Gasteiger partial charge in [0.05, 0.1) is 11.6 Å². The van der Waals surface area contributed by atoms with Gasteiger partial charge in [-0.15, -0.1) is 0 Å². The fourth-order valence-electron chi connectivity index (χ4n) is 2.43. The molecule has 3 rings (SSSR count). The molecule has 1 N–H and O–H groups in total. The first-order valence-corrected chi connectivity index (χ1v) is 7.84. The van der Waals surface area contributed by atoms with E-state index in [1.54, 1.807) is 36.4 Å². The summed E-state index contributed by atoms with van der Waals surface area (Å²) < 4.78 is 26.9. The molecule has 0 saturated heterocycles. The number of carbonyl (C=O) groups is 1. The van der Waals surface area contributed by atoms with Crippen molar-refractivity contribution in [2.45, 2.75) is 0 Å². The van der Waals surface area contributed by atoms with Crippen LogP contribution in [0.25, 0.3) is 12.2 Å². The van der Waals surface area contributed by atoms with Gasteiger partial charge in [-0.05, 0) is 47.5 Å². The quantitative estimate of drug-likeness (QED) is 0.846. The highest BCUT2D eigenvalue weighted by atomic mass is 19.1. The number of benzene rings is 2. The molecule has 0 saturated carbocycles. The molecule has 5 nitrogen and oxygen atoms in total. The Kier molecular flexibility index (Phi) is 4.81. The Morgan fingerprint density at radius 1 is 1.11 bits per heavy atom. The Hall–Kier alpha value is -3.79. The molecule has 0 unspecified atom stereocenters. The van der Waals surface area contributed by atoms with Crippen LogP contribution in [0.1, 0.15) is 16.7 Å². The van der Waals surface area contributed by atoms with Crippen molar-refractivity contribution in [3.05, 3.63) is 76.5 Å². The number of halogens is 2. The van der Waals surface area contributed by atoms with E-state index in [0.29, 0.717) is 11.4 Å². The Morgan fingerprint density at radius 3 is 2.33 bits per heavy atom. The van der Waals surface area contributed by atoms with Crippen LogP contribution in [0.15, 0.2) is 53.2 Å². The van der Waals surface area contributed by atoms with E-state index >= 15 is 0 Å². The summed E-state index contributed by atoms with van der Waals surface area (Å²) in [4.78, 5) is 17.8. The predicted molar refractivity (Wildman–Crippen MR) is 96.4 cm³/mol. The van der Waals surface area contributed by atoms with Gasteiger partial charge in [-0.3, -0.25) is 9.69 Å². The minimum absolute atomic E-state index is 0.0152. The second-order valence-electron chi connectivity index (χ2n) is 5.76. The second kappa shape index (κ2) is 7.22. The number of nitrogens with zero attached hydrogens (tertiary/aromatic N) is 3. The van der Waals surface area contributed by atoms with Crippen LogP contribution in [0.2, 0.25) is 0 Å². The molecule has 2 aromatic carbocycles. The lowest BCUT2D eigenvalue weighted by Gasteiger charge is -2.07. The van der Waals surface area contributed by atoms with Crippen molar-refractivity contribution in [3.8, 4) is 11.8 Å². The van der Waals surface area contributed by atoms with E-state index in [0.717, 1.165) is 17.7 Å². The van der Waals surface area contributed by atoms with Crippen LogP contribution in [0.4, 0.5) is 8.78 Å². The SMILES string of the molecule is CN1C(=O)/C(=C/c2cc(F)c(O)c(F)c2)N=C1/C=C/c1ccc(C#N)cc1. The van der Waals surface area contributed by atoms with E-state index in [-0.39, 0.29) is 11.3 Å². The van der Waals surface area contributed by atoms with Gasteiger partial charge in [-0.1, -0.05) is 18.2 Å². The zero-order chi connectivity index (χ0) is 19.6. The molecule has 1 amide bonds. The summed E-state index contributed by atoms with van der Waals surface area (Å²) in [6, 6.07) is 10.7. The molecule has 0 aliphatic carbocycles. The molecule has 0 atom stereocenters. The van der Waals surface area contributed by atoms with E-state index in [1.165, 1.54) is 18.0 Å². The van der Waals surface area contributed by atoms with Crippen molar-refractivity contribution in [3.63, 3.8) is 0 Å². The summed E-state index contributed by atoms with van der Waals surface area (Å²) in [5.41, 5.74) is 1.44. The summed E-state index contributed by atoms with van der Waals surface area (Å²) in [7, 11) is 1.53. The second-order valence-corrected chi connectivity index (χ2v) is 5.76. The number of nitriles is 1. The summed E-state index contributed by atoms with van der Waals surface area (Å²) >= 11 is 0. The molecule has 0 aromatic heterocycles. The molecule has 1 aliphatic rings. The van der Waals surface area contributed by atoms with Gasteiger partial charge in [-0.2, -0.15) is 5.26 Å². The number of carbonyl (C=O) groups excluding carboxylic acids is 1. The number of rotatable bonds is 3. The van der Waals surface area contributed by atoms with Gasteiger partial charge < -0.3 is 5.11 Å². The van der Waals surface area contributed by atoms with Gasteiger partial charge in [0.15, 0.2) is 17.4 Å². The molecule has 2 aromatic rings. The molecular formula is C20H13F2N3O2. The lowest BCUT2D eigenvalue weighted by Crippen LogP contribution is -2.26. The van der Waals surface area contributed by atoms with Crippen molar-refractivity contribution in [2.24, 2.45) is 4.99 Å². The summed E-state index contributed by atoms with van der Waals surface area (Å²) in [5.74, 6) is -3.38. The first-order valence-electron chi connectivity index (χ1n) is 7.84. The predicted octanol–water partition coefficient (Wildman–Crippen LogP) is 3.47. The molecule has 0 radical (unpaired) electrons. The van der Waals surface area contributed by atoms with Crippen molar-refractivity contribution in [1.82, 2.24) is 4.90 Å². The van der Waals surface area contributed by atoms with Gasteiger partial charge >= 0.3 is 0 Å². The minimum Gasteiger partial charge on any atom is -0.503 e. The van der Waals surface area contributed by atoms with Crippen molar-refractivity contribution >= 4 is 23.9 Å². The van der Waals surface area contributed by atoms with Gasteiger partial charge in [0, 0.05) is 7.05 Å². The van der Waals surface area contributed by atoms with E-state index < -0.39 is 23.3 Å². The van der Waals surface area contributed by atoms with Crippen LogP contribution in [0, 0.1) is 23.0 Å². The van der Waals surface area contributed by atoms with Crippen LogP contribution in [-0.4, -0.2) is 28.8 Å². The topological polar surface area (TPSA) is 76.7 Å². The maximum Gasteiger partial charge on any atom is 0.277 e. The monoisotopic (exact) mass is 365 g/mol. The van der Waals surface area contributed by atoms with Gasteiger partial charge in [0.1, 0.15) is 11.5 Å². The third-order valence-corrected chi connectivity index (χ3v) is 3.91. The molecule has 0 bridgehead atoms. The largest absolute Gasteiger partial charge is 0.503 e. The molecule has 1 heterocycles. The summed E-state index contributed by atoms with van der Waals surface area (Å²) in [5, 5.41) is 17.9. The first kappa shape index (κ1) is 18.0. The van der Waals surface area contributed by atoms with Gasteiger partial charge in [0.25, 0.3) is 5.91 Å². The fourth-order valence-corrected chi connectivity index (χ4v) is 2.43. The molecule has 0 fully saturated rings. The highest BCUT2D eigenvalue weighted by molar-refractivity contribution is 6.18. The van der Waals surface area contributed by atoms with Crippen molar-refractivity contribution in [1.29, 1.82) is 5.26 Å². The number of aliphatic imine (C=N–C) groups is 1. The minimum atomic E-state index is -1.12. The zero-order valence-corrected chi connectivity index (χ0v) is 14.1. The van der Waals surface area contributed by atoms with Crippen LogP contribution >= 0.6 is 0 Å². The average Bonchev–Trinajstić information content (AvgIpc) is 2.92. The van der Waals surface area contributed by atoms with Crippen LogP contribution in [-0.2, 0) is 4.79 Å². The van der Waals surface area contributed by atoms with E-state index in [9.17, 15) is 13.6 Å². The normalized spacial score (nSPS) is 15.5. The lowest BCUT2D eigenvalue weighted by atomic mass is 10.1. The Morgan fingerprint density at radius 2 is 1.74 bits per heavy atom. The Balaban J connectivity index is 1.88.